The van der Waals surface area contributed by atoms with Crippen LogP contribution in [-0.2, 0) is 17.8 Å². The average molecular weight is 315 g/mol. The van der Waals surface area contributed by atoms with Crippen LogP contribution < -0.4 is 10.6 Å². The summed E-state index contributed by atoms with van der Waals surface area (Å²) in [6.07, 6.45) is 1.25. The fourth-order valence-corrected chi connectivity index (χ4v) is 2.29. The summed E-state index contributed by atoms with van der Waals surface area (Å²) < 4.78 is 10.0. The minimum atomic E-state index is -0.320. The van der Waals surface area contributed by atoms with E-state index < -0.39 is 0 Å². The van der Waals surface area contributed by atoms with E-state index in [-0.39, 0.29) is 12.1 Å². The zero-order valence-corrected chi connectivity index (χ0v) is 12.5. The quantitative estimate of drug-likeness (QED) is 0.888. The molecule has 2 aromatic rings. The Balaban J connectivity index is 1.54. The zero-order valence-electron chi connectivity index (χ0n) is 12.5. The number of furan rings is 1. The van der Waals surface area contributed by atoms with Crippen LogP contribution in [0.15, 0.2) is 47.1 Å². The second-order valence-corrected chi connectivity index (χ2v) is 5.12. The highest BCUT2D eigenvalue weighted by Gasteiger charge is 2.21. The van der Waals surface area contributed by atoms with Gasteiger partial charge in [-0.25, -0.2) is 9.59 Å². The van der Waals surface area contributed by atoms with Crippen LogP contribution in [0.3, 0.4) is 0 Å². The Morgan fingerprint density at radius 2 is 2.17 bits per heavy atom. The first kappa shape index (κ1) is 15.0. The predicted octanol–water partition coefficient (Wildman–Crippen LogP) is 2.55. The normalized spacial score (nSPS) is 13.7. The van der Waals surface area contributed by atoms with E-state index in [2.05, 4.69) is 10.6 Å². The van der Waals surface area contributed by atoms with Crippen LogP contribution >= 0.6 is 0 Å². The standard InChI is InChI=1S/C16H17N3O4/c20-15(17-10-14-5-2-7-22-14)18-13-4-1-3-12(9-13)11-19-6-8-23-16(19)21/h1-5,7,9H,6,8,10-11H2,(H2,17,18,20). The summed E-state index contributed by atoms with van der Waals surface area (Å²) in [7, 11) is 0. The molecule has 7 heteroatoms. The SMILES string of the molecule is O=C(NCc1ccco1)Nc1cccc(CN2CCOC2=O)c1. The molecule has 3 rings (SSSR count). The van der Waals surface area contributed by atoms with Gasteiger partial charge in [0.15, 0.2) is 0 Å². The summed E-state index contributed by atoms with van der Waals surface area (Å²) in [6, 6.07) is 10.6. The molecule has 3 amide bonds. The number of anilines is 1. The van der Waals surface area contributed by atoms with Crippen molar-refractivity contribution < 1.29 is 18.7 Å². The molecule has 1 saturated heterocycles. The number of benzene rings is 1. The Kier molecular flexibility index (Phi) is 4.46. The van der Waals surface area contributed by atoms with Gasteiger partial charge in [-0.05, 0) is 29.8 Å². The van der Waals surface area contributed by atoms with Crippen LogP contribution in [0, 0.1) is 0 Å². The molecule has 0 atom stereocenters. The molecule has 7 nitrogen and oxygen atoms in total. The number of ether oxygens (including phenoxy) is 1. The van der Waals surface area contributed by atoms with Gasteiger partial charge >= 0.3 is 12.1 Å². The fourth-order valence-electron chi connectivity index (χ4n) is 2.29. The van der Waals surface area contributed by atoms with Gasteiger partial charge < -0.3 is 24.7 Å². The van der Waals surface area contributed by atoms with Crippen LogP contribution in [0.2, 0.25) is 0 Å². The third kappa shape index (κ3) is 4.03. The van der Waals surface area contributed by atoms with Crippen LogP contribution in [0.1, 0.15) is 11.3 Å². The Morgan fingerprint density at radius 3 is 2.91 bits per heavy atom. The molecule has 1 fully saturated rings. The number of nitrogens with zero attached hydrogens (tertiary/aromatic N) is 1. The van der Waals surface area contributed by atoms with E-state index in [1.807, 2.05) is 18.2 Å². The van der Waals surface area contributed by atoms with Gasteiger partial charge in [-0.15, -0.1) is 0 Å². The molecule has 120 valence electrons. The highest BCUT2D eigenvalue weighted by Crippen LogP contribution is 2.15. The van der Waals surface area contributed by atoms with Crippen molar-refractivity contribution in [1.82, 2.24) is 10.2 Å². The fraction of sp³-hybridized carbons (Fsp3) is 0.250. The van der Waals surface area contributed by atoms with Gasteiger partial charge in [0.25, 0.3) is 0 Å². The molecule has 0 bridgehead atoms. The maximum absolute atomic E-state index is 11.9. The second kappa shape index (κ2) is 6.87. The molecule has 2 heterocycles. The van der Waals surface area contributed by atoms with Gasteiger partial charge in [0.05, 0.1) is 19.4 Å². The molecule has 2 N–H and O–H groups in total. The number of urea groups is 1. The minimum absolute atomic E-state index is 0.306. The smallest absolute Gasteiger partial charge is 0.410 e. The minimum Gasteiger partial charge on any atom is -0.467 e. The number of rotatable bonds is 5. The van der Waals surface area contributed by atoms with Crippen molar-refractivity contribution in [2.24, 2.45) is 0 Å². The number of amides is 3. The highest BCUT2D eigenvalue weighted by atomic mass is 16.6. The molecule has 0 aliphatic carbocycles. The molecule has 23 heavy (non-hydrogen) atoms. The lowest BCUT2D eigenvalue weighted by molar-refractivity contribution is 0.157. The summed E-state index contributed by atoms with van der Waals surface area (Å²) in [5.74, 6) is 0.682. The topological polar surface area (TPSA) is 83.8 Å². The molecule has 0 saturated carbocycles. The van der Waals surface area contributed by atoms with E-state index >= 15 is 0 Å². The van der Waals surface area contributed by atoms with Crippen molar-refractivity contribution >= 4 is 17.8 Å². The van der Waals surface area contributed by atoms with Gasteiger partial charge in [0.1, 0.15) is 12.4 Å². The van der Waals surface area contributed by atoms with E-state index in [0.29, 0.717) is 37.7 Å². The largest absolute Gasteiger partial charge is 0.467 e. The third-order valence-electron chi connectivity index (χ3n) is 3.41. The van der Waals surface area contributed by atoms with Gasteiger partial charge in [-0.1, -0.05) is 12.1 Å². The van der Waals surface area contributed by atoms with Gasteiger partial charge in [0.2, 0.25) is 0 Å². The first-order valence-corrected chi connectivity index (χ1v) is 7.28. The summed E-state index contributed by atoms with van der Waals surface area (Å²) in [5.41, 5.74) is 1.58. The zero-order chi connectivity index (χ0) is 16.1. The van der Waals surface area contributed by atoms with E-state index in [4.69, 9.17) is 9.15 Å². The van der Waals surface area contributed by atoms with E-state index in [1.165, 1.54) is 0 Å². The molecular weight excluding hydrogens is 298 g/mol. The van der Waals surface area contributed by atoms with Crippen LogP contribution in [0.5, 0.6) is 0 Å². The van der Waals surface area contributed by atoms with Gasteiger partial charge in [-0.2, -0.15) is 0 Å². The van der Waals surface area contributed by atoms with E-state index in [1.54, 1.807) is 29.4 Å². The summed E-state index contributed by atoms with van der Waals surface area (Å²) in [5, 5.41) is 5.46. The lowest BCUT2D eigenvalue weighted by Gasteiger charge is -2.13. The van der Waals surface area contributed by atoms with Crippen molar-refractivity contribution in [2.45, 2.75) is 13.1 Å². The third-order valence-corrected chi connectivity index (χ3v) is 3.41. The number of carbonyl (C=O) groups is 2. The summed E-state index contributed by atoms with van der Waals surface area (Å²) in [6.45, 7) is 1.78. The first-order chi connectivity index (χ1) is 11.2. The van der Waals surface area contributed by atoms with Crippen molar-refractivity contribution in [1.29, 1.82) is 0 Å². The number of cyclic esters (lactones) is 1. The van der Waals surface area contributed by atoms with Gasteiger partial charge in [0, 0.05) is 12.2 Å². The Morgan fingerprint density at radius 1 is 1.26 bits per heavy atom. The van der Waals surface area contributed by atoms with Gasteiger partial charge in [-0.3, -0.25) is 0 Å². The Hall–Kier alpha value is -2.96. The highest BCUT2D eigenvalue weighted by molar-refractivity contribution is 5.89. The molecule has 0 unspecified atom stereocenters. The number of nitrogens with one attached hydrogen (secondary N) is 2. The van der Waals surface area contributed by atoms with Crippen molar-refractivity contribution in [3.05, 3.63) is 54.0 Å². The molecule has 0 spiro atoms. The number of hydrogen-bond acceptors (Lipinski definition) is 4. The van der Waals surface area contributed by atoms with Crippen molar-refractivity contribution in [2.75, 3.05) is 18.5 Å². The van der Waals surface area contributed by atoms with Crippen LogP contribution in [-0.4, -0.2) is 30.2 Å². The summed E-state index contributed by atoms with van der Waals surface area (Å²) in [4.78, 5) is 24.9. The lowest BCUT2D eigenvalue weighted by Crippen LogP contribution is -2.28. The Bertz CT molecular complexity index is 684. The molecule has 0 radical (unpaired) electrons. The monoisotopic (exact) mass is 315 g/mol. The van der Waals surface area contributed by atoms with Crippen molar-refractivity contribution in [3.63, 3.8) is 0 Å². The first-order valence-electron chi connectivity index (χ1n) is 7.28. The number of hydrogen-bond donors (Lipinski definition) is 2. The van der Waals surface area contributed by atoms with E-state index in [0.717, 1.165) is 5.56 Å². The molecule has 1 aliphatic heterocycles. The van der Waals surface area contributed by atoms with Crippen LogP contribution in [0.25, 0.3) is 0 Å². The molecule has 1 aliphatic rings. The number of carbonyl (C=O) groups excluding carboxylic acids is 2. The molecule has 1 aromatic carbocycles. The van der Waals surface area contributed by atoms with Crippen molar-refractivity contribution in [3.8, 4) is 0 Å². The maximum Gasteiger partial charge on any atom is 0.410 e. The molecular formula is C16H17N3O4. The summed E-state index contributed by atoms with van der Waals surface area (Å²) >= 11 is 0. The second-order valence-electron chi connectivity index (χ2n) is 5.12. The lowest BCUT2D eigenvalue weighted by atomic mass is 10.2. The average Bonchev–Trinajstić information content (AvgIpc) is 3.18. The predicted molar refractivity (Wildman–Crippen MR) is 82.8 cm³/mol. The Labute approximate surface area is 133 Å². The van der Waals surface area contributed by atoms with Crippen LogP contribution in [0.4, 0.5) is 15.3 Å². The molecule has 1 aromatic heterocycles. The van der Waals surface area contributed by atoms with E-state index in [9.17, 15) is 9.59 Å². The maximum atomic E-state index is 11.9.